The highest BCUT2D eigenvalue weighted by atomic mass is 32.2. The molecule has 0 fully saturated rings. The second-order valence-corrected chi connectivity index (χ2v) is 12.3. The number of hydrogen-bond acceptors (Lipinski definition) is 5. The zero-order chi connectivity index (χ0) is 27.8. The molecule has 0 spiro atoms. The molecule has 0 heterocycles. The molecule has 0 aliphatic heterocycles. The minimum Gasteiger partial charge on any atom is -0.444 e. The molecule has 0 saturated carbocycles. The molecule has 0 saturated heterocycles. The van der Waals surface area contributed by atoms with Gasteiger partial charge in [-0.25, -0.2) is 4.79 Å². The Kier molecular flexibility index (Phi) is 11.8. The van der Waals surface area contributed by atoms with E-state index in [1.807, 2.05) is 72.9 Å². The van der Waals surface area contributed by atoms with Gasteiger partial charge in [0.05, 0.1) is 0 Å². The summed E-state index contributed by atoms with van der Waals surface area (Å²) >= 11 is 1.59. The van der Waals surface area contributed by atoms with Gasteiger partial charge in [-0.1, -0.05) is 36.2 Å². The molecule has 2 atom stereocenters. The van der Waals surface area contributed by atoms with Gasteiger partial charge in [-0.2, -0.15) is 11.8 Å². The summed E-state index contributed by atoms with van der Waals surface area (Å²) in [4.78, 5) is 42.4. The molecule has 0 radical (unpaired) electrons. The van der Waals surface area contributed by atoms with Gasteiger partial charge in [0.25, 0.3) is 0 Å². The van der Waals surface area contributed by atoms with Gasteiger partial charge in [0.15, 0.2) is 0 Å². The fourth-order valence-corrected chi connectivity index (χ4v) is 4.48. The van der Waals surface area contributed by atoms with Crippen molar-refractivity contribution in [2.24, 2.45) is 0 Å². The normalized spacial score (nSPS) is 13.7. The number of rotatable bonds is 11. The van der Waals surface area contributed by atoms with Crippen LogP contribution in [0.3, 0.4) is 0 Å². The van der Waals surface area contributed by atoms with Crippen LogP contribution in [0.2, 0.25) is 0 Å². The average Bonchev–Trinajstić information content (AvgIpc) is 2.71. The van der Waals surface area contributed by atoms with E-state index in [9.17, 15) is 14.4 Å². The molecule has 2 N–H and O–H groups in total. The number of carbonyl (C=O) groups is 3. The first kappa shape index (κ1) is 31.8. The number of hydrogen-bond donors (Lipinski definition) is 2. The van der Waals surface area contributed by atoms with Crippen LogP contribution in [-0.2, 0) is 14.3 Å². The number of carbonyl (C=O) groups excluding carboxylic acids is 3. The first-order chi connectivity index (χ1) is 16.5. The Morgan fingerprint density at radius 1 is 1.00 bits per heavy atom. The summed E-state index contributed by atoms with van der Waals surface area (Å²) in [6.45, 7) is 19.0. The second kappa shape index (κ2) is 13.4. The maximum atomic E-state index is 14.3. The molecule has 2 unspecified atom stereocenters. The number of ether oxygens (including phenoxy) is 1. The molecule has 0 aliphatic rings. The van der Waals surface area contributed by atoms with Gasteiger partial charge in [-0.05, 0) is 92.7 Å². The standard InChI is InChI=1S/C28H47N3O4S/c1-12-28(9,10)31(25(33)22(13-14-36-11)30-26(34)35-27(6,7)8)23(24(32)29-18(2)3)21-16-19(4)15-20(5)17-21/h15-18,22-23H,12-14H2,1-11H3,(H,29,32)(H,30,34). The number of benzene rings is 1. The maximum absolute atomic E-state index is 14.3. The molecule has 8 heteroatoms. The Morgan fingerprint density at radius 2 is 1.56 bits per heavy atom. The van der Waals surface area contributed by atoms with Crippen LogP contribution in [0.1, 0.15) is 91.0 Å². The minimum atomic E-state index is -0.856. The summed E-state index contributed by atoms with van der Waals surface area (Å²) in [7, 11) is 0. The van der Waals surface area contributed by atoms with E-state index in [0.717, 1.165) is 16.7 Å². The van der Waals surface area contributed by atoms with Crippen molar-refractivity contribution < 1.29 is 19.1 Å². The van der Waals surface area contributed by atoms with E-state index in [2.05, 4.69) is 10.6 Å². The SMILES string of the molecule is CCC(C)(C)N(C(=O)C(CCSC)NC(=O)OC(C)(C)C)C(C(=O)NC(C)C)c1cc(C)cc(C)c1. The number of nitrogens with zero attached hydrogens (tertiary/aromatic N) is 1. The average molecular weight is 522 g/mol. The molecule has 3 amide bonds. The van der Waals surface area contributed by atoms with Crippen molar-refractivity contribution in [1.82, 2.24) is 15.5 Å². The zero-order valence-electron chi connectivity index (χ0n) is 24.1. The van der Waals surface area contributed by atoms with Crippen molar-refractivity contribution in [2.45, 2.75) is 111 Å². The van der Waals surface area contributed by atoms with Gasteiger partial charge in [-0.15, -0.1) is 0 Å². The number of thioether (sulfide) groups is 1. The van der Waals surface area contributed by atoms with Crippen LogP contribution in [-0.4, -0.2) is 58.0 Å². The lowest BCUT2D eigenvalue weighted by Crippen LogP contribution is -2.59. The van der Waals surface area contributed by atoms with Crippen molar-refractivity contribution >= 4 is 29.7 Å². The highest BCUT2D eigenvalue weighted by molar-refractivity contribution is 7.98. The smallest absolute Gasteiger partial charge is 0.408 e. The Labute approximate surface area is 222 Å². The predicted octanol–water partition coefficient (Wildman–Crippen LogP) is 5.53. The van der Waals surface area contributed by atoms with Crippen molar-refractivity contribution in [1.29, 1.82) is 0 Å². The number of nitrogens with one attached hydrogen (secondary N) is 2. The fraction of sp³-hybridized carbons (Fsp3) is 0.679. The van der Waals surface area contributed by atoms with Crippen LogP contribution in [0.4, 0.5) is 4.79 Å². The van der Waals surface area contributed by atoms with Gasteiger partial charge >= 0.3 is 6.09 Å². The Morgan fingerprint density at radius 3 is 2.00 bits per heavy atom. The first-order valence-corrected chi connectivity index (χ1v) is 14.1. The quantitative estimate of drug-likeness (QED) is 0.400. The summed E-state index contributed by atoms with van der Waals surface area (Å²) in [5.74, 6) is 0.120. The van der Waals surface area contributed by atoms with Crippen molar-refractivity contribution in [3.05, 3.63) is 34.9 Å². The molecule has 1 aromatic rings. The minimum absolute atomic E-state index is 0.0974. The third kappa shape index (κ3) is 9.68. The van der Waals surface area contributed by atoms with E-state index in [-0.39, 0.29) is 17.9 Å². The van der Waals surface area contributed by atoms with Crippen LogP contribution < -0.4 is 10.6 Å². The highest BCUT2D eigenvalue weighted by Gasteiger charge is 2.43. The topological polar surface area (TPSA) is 87.7 Å². The van der Waals surface area contributed by atoms with Crippen LogP contribution in [0, 0.1) is 13.8 Å². The molecular weight excluding hydrogens is 474 g/mol. The van der Waals surface area contributed by atoms with Crippen molar-refractivity contribution in [3.8, 4) is 0 Å². The lowest BCUT2D eigenvalue weighted by atomic mass is 9.90. The number of aryl methyl sites for hydroxylation is 2. The molecule has 204 valence electrons. The van der Waals surface area contributed by atoms with E-state index in [4.69, 9.17) is 4.74 Å². The fourth-order valence-electron chi connectivity index (χ4n) is 4.01. The molecule has 1 aromatic carbocycles. The number of amides is 3. The molecule has 1 rings (SSSR count). The Balaban J connectivity index is 3.67. The highest BCUT2D eigenvalue weighted by Crippen LogP contribution is 2.33. The van der Waals surface area contributed by atoms with Crippen LogP contribution in [0.25, 0.3) is 0 Å². The molecule has 0 bridgehead atoms. The molecule has 36 heavy (non-hydrogen) atoms. The zero-order valence-corrected chi connectivity index (χ0v) is 24.9. The lowest BCUT2D eigenvalue weighted by Gasteiger charge is -2.45. The summed E-state index contributed by atoms with van der Waals surface area (Å²) in [5.41, 5.74) is 1.42. The van der Waals surface area contributed by atoms with Crippen LogP contribution in [0.5, 0.6) is 0 Å². The Bertz CT molecular complexity index is 888. The second-order valence-electron chi connectivity index (χ2n) is 11.3. The Hall–Kier alpha value is -2.22. The number of alkyl carbamates (subject to hydrolysis) is 1. The van der Waals surface area contributed by atoms with E-state index >= 15 is 0 Å². The summed E-state index contributed by atoms with van der Waals surface area (Å²) in [6, 6.07) is 4.18. The summed E-state index contributed by atoms with van der Waals surface area (Å²) in [5, 5.41) is 5.81. The van der Waals surface area contributed by atoms with Gasteiger partial charge in [0, 0.05) is 11.6 Å². The largest absolute Gasteiger partial charge is 0.444 e. The van der Waals surface area contributed by atoms with Gasteiger partial charge in [0.1, 0.15) is 17.7 Å². The van der Waals surface area contributed by atoms with Crippen molar-refractivity contribution in [3.63, 3.8) is 0 Å². The van der Waals surface area contributed by atoms with Crippen LogP contribution >= 0.6 is 11.8 Å². The van der Waals surface area contributed by atoms with E-state index in [0.29, 0.717) is 18.6 Å². The third-order valence-corrected chi connectivity index (χ3v) is 6.50. The molecular formula is C28H47N3O4S. The molecule has 0 aromatic heterocycles. The lowest BCUT2D eigenvalue weighted by molar-refractivity contribution is -0.149. The summed E-state index contributed by atoms with van der Waals surface area (Å²) < 4.78 is 5.46. The van der Waals surface area contributed by atoms with E-state index in [1.165, 1.54) is 0 Å². The summed E-state index contributed by atoms with van der Waals surface area (Å²) in [6.07, 6.45) is 2.35. The van der Waals surface area contributed by atoms with E-state index < -0.39 is 29.3 Å². The predicted molar refractivity (Wildman–Crippen MR) is 149 cm³/mol. The van der Waals surface area contributed by atoms with E-state index in [1.54, 1.807) is 37.4 Å². The maximum Gasteiger partial charge on any atom is 0.408 e. The van der Waals surface area contributed by atoms with Gasteiger partial charge < -0.3 is 20.3 Å². The van der Waals surface area contributed by atoms with Crippen molar-refractivity contribution in [2.75, 3.05) is 12.0 Å². The molecule has 0 aliphatic carbocycles. The monoisotopic (exact) mass is 521 g/mol. The van der Waals surface area contributed by atoms with Gasteiger partial charge in [-0.3, -0.25) is 9.59 Å². The van der Waals surface area contributed by atoms with Gasteiger partial charge in [0.2, 0.25) is 11.8 Å². The molecule has 7 nitrogen and oxygen atoms in total. The third-order valence-electron chi connectivity index (χ3n) is 5.85. The van der Waals surface area contributed by atoms with Crippen LogP contribution in [0.15, 0.2) is 18.2 Å². The first-order valence-electron chi connectivity index (χ1n) is 12.7.